The molecule has 8 nitrogen and oxygen atoms in total. The molecule has 4 rings (SSSR count). The average molecular weight is 432 g/mol. The number of nitrogens with zero attached hydrogens (tertiary/aromatic N) is 2. The van der Waals surface area contributed by atoms with Crippen LogP contribution in [0.15, 0.2) is 78.8 Å². The summed E-state index contributed by atoms with van der Waals surface area (Å²) in [7, 11) is 0. The second kappa shape index (κ2) is 9.27. The van der Waals surface area contributed by atoms with E-state index in [-0.39, 0.29) is 5.91 Å². The average Bonchev–Trinajstić information content (AvgIpc) is 3.22. The van der Waals surface area contributed by atoms with Gasteiger partial charge in [0.1, 0.15) is 5.82 Å². The maximum atomic E-state index is 13.3. The van der Waals surface area contributed by atoms with E-state index in [0.717, 1.165) is 11.4 Å². The zero-order chi connectivity index (χ0) is 22.5. The second-order valence-corrected chi connectivity index (χ2v) is 7.14. The normalized spacial score (nSPS) is 12.8. The van der Waals surface area contributed by atoms with Crippen molar-refractivity contribution in [3.63, 3.8) is 0 Å². The van der Waals surface area contributed by atoms with E-state index in [0.29, 0.717) is 29.2 Å². The first-order chi connectivity index (χ1) is 15.5. The van der Waals surface area contributed by atoms with Crippen molar-refractivity contribution in [2.45, 2.75) is 6.92 Å². The van der Waals surface area contributed by atoms with Crippen molar-refractivity contribution in [3.8, 4) is 0 Å². The van der Waals surface area contributed by atoms with Crippen molar-refractivity contribution >= 4 is 29.0 Å². The van der Waals surface area contributed by atoms with Crippen LogP contribution in [0.25, 0.3) is 0 Å². The Bertz CT molecular complexity index is 1200. The third kappa shape index (κ3) is 5.27. The molecular formula is C23H21FN6O2. The Morgan fingerprint density at radius 1 is 1.00 bits per heavy atom. The lowest BCUT2D eigenvalue weighted by molar-refractivity contribution is 0.102. The summed E-state index contributed by atoms with van der Waals surface area (Å²) in [5.74, 6) is -0.674. The predicted octanol–water partition coefficient (Wildman–Crippen LogP) is 3.77. The number of pyridine rings is 1. The van der Waals surface area contributed by atoms with Crippen molar-refractivity contribution in [1.29, 1.82) is 0 Å². The Balaban J connectivity index is 1.40. The van der Waals surface area contributed by atoms with E-state index in [2.05, 4.69) is 26.4 Å². The van der Waals surface area contributed by atoms with Crippen molar-refractivity contribution in [2.75, 3.05) is 22.2 Å². The topological polar surface area (TPSA) is 98.4 Å². The molecule has 32 heavy (non-hydrogen) atoms. The number of hydrogen-bond donors (Lipinski definition) is 4. The van der Waals surface area contributed by atoms with Gasteiger partial charge < -0.3 is 16.0 Å². The number of carbonyl (C=O) groups excluding carboxylic acids is 2. The van der Waals surface area contributed by atoms with Gasteiger partial charge in [-0.2, -0.15) is 0 Å². The van der Waals surface area contributed by atoms with Crippen LogP contribution < -0.4 is 26.4 Å². The number of amides is 3. The van der Waals surface area contributed by atoms with Gasteiger partial charge in [-0.15, -0.1) is 0 Å². The predicted molar refractivity (Wildman–Crippen MR) is 120 cm³/mol. The van der Waals surface area contributed by atoms with Crippen molar-refractivity contribution < 1.29 is 14.0 Å². The summed E-state index contributed by atoms with van der Waals surface area (Å²) in [5, 5.41) is 9.87. The summed E-state index contributed by atoms with van der Waals surface area (Å²) in [6.45, 7) is 2.23. The molecule has 2 heterocycles. The third-order valence-corrected chi connectivity index (χ3v) is 4.62. The Hall–Kier alpha value is -4.24. The van der Waals surface area contributed by atoms with Crippen LogP contribution in [-0.2, 0) is 0 Å². The lowest BCUT2D eigenvalue weighted by Crippen LogP contribution is -2.31. The minimum atomic E-state index is -0.480. The lowest BCUT2D eigenvalue weighted by atomic mass is 10.2. The fraction of sp³-hybridized carbons (Fsp3) is 0.0870. The van der Waals surface area contributed by atoms with Gasteiger partial charge in [0, 0.05) is 35.0 Å². The number of halogens is 1. The molecule has 3 aromatic rings. The molecule has 2 aromatic carbocycles. The Morgan fingerprint density at radius 3 is 2.62 bits per heavy atom. The Kier molecular flexibility index (Phi) is 6.09. The Labute approximate surface area is 184 Å². The number of hydrazine groups is 1. The van der Waals surface area contributed by atoms with Crippen molar-refractivity contribution in [3.05, 3.63) is 95.8 Å². The number of anilines is 3. The Morgan fingerprint density at radius 2 is 1.81 bits per heavy atom. The van der Waals surface area contributed by atoms with Crippen LogP contribution >= 0.6 is 0 Å². The molecule has 0 fully saturated rings. The maximum absolute atomic E-state index is 13.3. The van der Waals surface area contributed by atoms with E-state index in [9.17, 15) is 14.0 Å². The van der Waals surface area contributed by atoms with E-state index in [4.69, 9.17) is 0 Å². The summed E-state index contributed by atoms with van der Waals surface area (Å²) in [5.41, 5.74) is 6.78. The summed E-state index contributed by atoms with van der Waals surface area (Å²) in [6, 6.07) is 15.8. The van der Waals surface area contributed by atoms with Crippen LogP contribution in [0.3, 0.4) is 0 Å². The van der Waals surface area contributed by atoms with Crippen molar-refractivity contribution in [1.82, 2.24) is 15.7 Å². The lowest BCUT2D eigenvalue weighted by Gasteiger charge is -2.16. The molecule has 162 valence electrons. The fourth-order valence-corrected chi connectivity index (χ4v) is 3.16. The van der Waals surface area contributed by atoms with Gasteiger partial charge in [-0.25, -0.2) is 14.6 Å². The van der Waals surface area contributed by atoms with Crippen LogP contribution in [-0.4, -0.2) is 23.5 Å². The van der Waals surface area contributed by atoms with Gasteiger partial charge in [-0.3, -0.25) is 14.8 Å². The number of carbonyl (C=O) groups is 2. The number of aromatic nitrogens is 1. The van der Waals surface area contributed by atoms with E-state index in [1.54, 1.807) is 53.8 Å². The van der Waals surface area contributed by atoms with Gasteiger partial charge in [0.2, 0.25) is 0 Å². The summed E-state index contributed by atoms with van der Waals surface area (Å²) < 4.78 is 13.3. The second-order valence-electron chi connectivity index (χ2n) is 7.14. The fourth-order valence-electron chi connectivity index (χ4n) is 3.16. The van der Waals surface area contributed by atoms with Crippen LogP contribution in [0.1, 0.15) is 16.1 Å². The molecule has 0 saturated carbocycles. The molecule has 1 aliphatic rings. The van der Waals surface area contributed by atoms with E-state index in [1.807, 2.05) is 13.0 Å². The smallest absolute Gasteiger partial charge is 0.322 e. The molecule has 0 atom stereocenters. The molecule has 4 N–H and O–H groups in total. The van der Waals surface area contributed by atoms with E-state index >= 15 is 0 Å². The monoisotopic (exact) mass is 432 g/mol. The molecule has 0 aliphatic carbocycles. The van der Waals surface area contributed by atoms with Crippen molar-refractivity contribution in [2.24, 2.45) is 0 Å². The minimum absolute atomic E-state index is 0.242. The highest BCUT2D eigenvalue weighted by Crippen LogP contribution is 2.19. The standard InChI is InChI=1S/C23H21FN6O2/c1-15-10-19(8-9-25-15)27-22(31)16-4-2-7-21(11-16)30-14-20(13-26-30)29-23(32)28-18-6-3-5-17(24)12-18/h2-12,14,26H,13H2,1H3,(H,25,27,31)(H2,28,29,32). The van der Waals surface area contributed by atoms with Gasteiger partial charge in [-0.05, 0) is 55.5 Å². The van der Waals surface area contributed by atoms with E-state index in [1.165, 1.54) is 18.2 Å². The highest BCUT2D eigenvalue weighted by molar-refractivity contribution is 6.04. The third-order valence-electron chi connectivity index (χ3n) is 4.62. The van der Waals surface area contributed by atoms with Gasteiger partial charge >= 0.3 is 6.03 Å². The largest absolute Gasteiger partial charge is 0.323 e. The molecule has 0 radical (unpaired) electrons. The SMILES string of the molecule is Cc1cc(NC(=O)c2cccc(N3C=C(NC(=O)Nc4cccc(F)c4)CN3)c2)ccn1. The first kappa shape index (κ1) is 21.0. The number of hydrogen-bond acceptors (Lipinski definition) is 5. The first-order valence-electron chi connectivity index (χ1n) is 9.87. The quantitative estimate of drug-likeness (QED) is 0.492. The molecule has 9 heteroatoms. The van der Waals surface area contributed by atoms with Crippen LogP contribution in [0.2, 0.25) is 0 Å². The first-order valence-corrected chi connectivity index (χ1v) is 9.87. The zero-order valence-electron chi connectivity index (χ0n) is 17.2. The number of benzene rings is 2. The van der Waals surface area contributed by atoms with Crippen LogP contribution in [0, 0.1) is 12.7 Å². The molecule has 3 amide bonds. The minimum Gasteiger partial charge on any atom is -0.322 e. The summed E-state index contributed by atoms with van der Waals surface area (Å²) in [6.07, 6.45) is 3.35. The maximum Gasteiger partial charge on any atom is 0.323 e. The number of urea groups is 1. The van der Waals surface area contributed by atoms with Gasteiger partial charge in [0.05, 0.1) is 17.9 Å². The molecule has 0 bridgehead atoms. The molecule has 0 saturated heterocycles. The molecular weight excluding hydrogens is 411 g/mol. The summed E-state index contributed by atoms with van der Waals surface area (Å²) in [4.78, 5) is 28.9. The summed E-state index contributed by atoms with van der Waals surface area (Å²) >= 11 is 0. The highest BCUT2D eigenvalue weighted by atomic mass is 19.1. The number of rotatable bonds is 5. The number of nitrogens with one attached hydrogen (secondary N) is 4. The van der Waals surface area contributed by atoms with Gasteiger partial charge in [0.15, 0.2) is 0 Å². The molecule has 0 spiro atoms. The highest BCUT2D eigenvalue weighted by Gasteiger charge is 2.17. The molecule has 0 unspecified atom stereocenters. The van der Waals surface area contributed by atoms with E-state index < -0.39 is 11.8 Å². The van der Waals surface area contributed by atoms with Gasteiger partial charge in [-0.1, -0.05) is 12.1 Å². The molecule has 1 aliphatic heterocycles. The molecule has 1 aromatic heterocycles. The zero-order valence-corrected chi connectivity index (χ0v) is 17.2. The van der Waals surface area contributed by atoms with Gasteiger partial charge in [0.25, 0.3) is 5.91 Å². The van der Waals surface area contributed by atoms with Crippen LogP contribution in [0.4, 0.5) is 26.2 Å². The van der Waals surface area contributed by atoms with Crippen LogP contribution in [0.5, 0.6) is 0 Å². The number of aryl methyl sites for hydroxylation is 1.